The summed E-state index contributed by atoms with van der Waals surface area (Å²) in [5.41, 5.74) is -2.06. The molecular formula is C57H80N4O17SSi2. The molecule has 0 spiro atoms. The number of nitriles is 1. The van der Waals surface area contributed by atoms with Gasteiger partial charge < -0.3 is 52.6 Å². The predicted octanol–water partition coefficient (Wildman–Crippen LogP) is 8.12. The van der Waals surface area contributed by atoms with Crippen LogP contribution in [0, 0.1) is 18.3 Å². The van der Waals surface area contributed by atoms with Crippen molar-refractivity contribution in [3.05, 3.63) is 95.3 Å². The smallest absolute Gasteiger partial charge is 0.414 e. The molecule has 3 aromatic rings. The van der Waals surface area contributed by atoms with Gasteiger partial charge in [-0.15, -0.1) is 0 Å². The number of nitrogens with zero attached hydrogens (tertiary/aromatic N) is 2. The lowest BCUT2D eigenvalue weighted by atomic mass is 9.98. The molecule has 81 heavy (non-hydrogen) atoms. The Morgan fingerprint density at radius 2 is 1.59 bits per heavy atom. The number of hydrogen-bond donors (Lipinski definition) is 2. The number of nitrogens with one attached hydrogen (secondary N) is 2. The van der Waals surface area contributed by atoms with Gasteiger partial charge in [-0.25, -0.2) is 9.59 Å². The van der Waals surface area contributed by atoms with Gasteiger partial charge in [-0.05, 0) is 103 Å². The summed E-state index contributed by atoms with van der Waals surface area (Å²) in [5.74, 6) is -3.36. The molecule has 1 unspecified atom stereocenters. The molecular weight excluding hydrogens is 1100 g/mol. The summed E-state index contributed by atoms with van der Waals surface area (Å²) in [7, 11) is -7.12. The van der Waals surface area contributed by atoms with Crippen LogP contribution in [0.4, 0.5) is 4.79 Å². The molecule has 8 atom stereocenters. The molecule has 0 radical (unpaired) electrons. The number of likely N-dealkylation sites (tertiary alicyclic amines) is 1. The van der Waals surface area contributed by atoms with Crippen LogP contribution in [0.15, 0.2) is 78.6 Å². The van der Waals surface area contributed by atoms with Crippen LogP contribution in [0.5, 0.6) is 11.5 Å². The van der Waals surface area contributed by atoms with E-state index in [1.54, 1.807) is 49.4 Å². The van der Waals surface area contributed by atoms with Crippen molar-refractivity contribution in [3.63, 3.8) is 0 Å². The number of ether oxygens (including phenoxy) is 7. The van der Waals surface area contributed by atoms with Gasteiger partial charge in [-0.3, -0.25) is 23.5 Å². The van der Waals surface area contributed by atoms with E-state index in [2.05, 4.69) is 23.3 Å². The highest BCUT2D eigenvalue weighted by molar-refractivity contribution is 7.86. The van der Waals surface area contributed by atoms with E-state index in [0.717, 1.165) is 23.6 Å². The first-order valence-corrected chi connectivity index (χ1v) is 34.1. The van der Waals surface area contributed by atoms with Crippen LogP contribution in [0.1, 0.15) is 83.8 Å². The molecule has 2 heterocycles. The molecule has 2 aliphatic heterocycles. The number of rotatable bonds is 27. The number of carbonyl (C=O) groups excluding carboxylic acids is 5. The topological polar surface area (TPSA) is 266 Å². The van der Waals surface area contributed by atoms with Gasteiger partial charge in [0.15, 0.2) is 28.8 Å². The number of amides is 3. The fraction of sp³-hybridized carbons (Fsp3) is 0.544. The molecule has 0 bridgehead atoms. The minimum atomic E-state index is -4.29. The Morgan fingerprint density at radius 1 is 0.963 bits per heavy atom. The monoisotopic (exact) mass is 1180 g/mol. The first-order chi connectivity index (χ1) is 38.0. The minimum Gasteiger partial charge on any atom is -0.497 e. The Hall–Kier alpha value is -6.18. The zero-order chi connectivity index (χ0) is 60.4. The molecule has 2 saturated heterocycles. The average Bonchev–Trinajstić information content (AvgIpc) is 4.32. The Kier molecular flexibility index (Phi) is 22.1. The van der Waals surface area contributed by atoms with Gasteiger partial charge in [0.2, 0.25) is 5.60 Å². The first kappa shape index (κ1) is 65.6. The molecule has 24 heteroatoms. The Morgan fingerprint density at radius 3 is 2.12 bits per heavy atom. The predicted molar refractivity (Wildman–Crippen MR) is 306 cm³/mol. The lowest BCUT2D eigenvalue weighted by Crippen LogP contribution is -2.58. The van der Waals surface area contributed by atoms with Crippen molar-refractivity contribution in [2.75, 3.05) is 40.3 Å². The van der Waals surface area contributed by atoms with Gasteiger partial charge in [-0.1, -0.05) is 84.5 Å². The van der Waals surface area contributed by atoms with Crippen molar-refractivity contribution in [1.82, 2.24) is 15.5 Å². The van der Waals surface area contributed by atoms with Crippen molar-refractivity contribution in [3.8, 4) is 17.6 Å². The van der Waals surface area contributed by atoms with Crippen LogP contribution in [0.3, 0.4) is 0 Å². The van der Waals surface area contributed by atoms with Gasteiger partial charge >= 0.3 is 18.0 Å². The number of hydrogen-bond acceptors (Lipinski definition) is 18. The largest absolute Gasteiger partial charge is 0.497 e. The van der Waals surface area contributed by atoms with Gasteiger partial charge in [0.1, 0.15) is 36.0 Å². The van der Waals surface area contributed by atoms with Crippen molar-refractivity contribution >= 4 is 67.4 Å². The second-order valence-corrected chi connectivity index (χ2v) is 32.9. The highest BCUT2D eigenvalue weighted by Gasteiger charge is 2.58. The molecule has 2 aliphatic rings. The van der Waals surface area contributed by atoms with E-state index in [1.807, 2.05) is 67.6 Å². The number of esters is 2. The second kappa shape index (κ2) is 27.3. The molecule has 5 rings (SSSR count). The third-order valence-corrected chi connectivity index (χ3v) is 25.0. The van der Waals surface area contributed by atoms with Crippen LogP contribution in [-0.2, 0) is 67.8 Å². The lowest BCUT2D eigenvalue weighted by Gasteiger charge is -2.40. The molecule has 444 valence electrons. The Bertz CT molecular complexity index is 2960. The van der Waals surface area contributed by atoms with E-state index in [-0.39, 0.29) is 18.8 Å². The van der Waals surface area contributed by atoms with Gasteiger partial charge in [-0.2, -0.15) is 13.7 Å². The number of epoxide rings is 1. The number of methoxy groups -OCH3 is 2. The summed E-state index contributed by atoms with van der Waals surface area (Å²) < 4.78 is 86.0. The average molecular weight is 1180 g/mol. The normalized spacial score (nSPS) is 19.9. The van der Waals surface area contributed by atoms with Crippen LogP contribution in [0.2, 0.25) is 36.3 Å². The van der Waals surface area contributed by atoms with Crippen molar-refractivity contribution in [1.29, 1.82) is 5.26 Å². The highest BCUT2D eigenvalue weighted by Crippen LogP contribution is 2.42. The van der Waals surface area contributed by atoms with E-state index >= 15 is 9.59 Å². The van der Waals surface area contributed by atoms with Crippen LogP contribution >= 0.6 is 0 Å². The van der Waals surface area contributed by atoms with Crippen molar-refractivity contribution < 1.29 is 78.6 Å². The number of aryl methyl sites for hydroxylation is 1. The minimum absolute atomic E-state index is 0.0237. The lowest BCUT2D eigenvalue weighted by molar-refractivity contribution is -0.148. The van der Waals surface area contributed by atoms with Crippen LogP contribution in [0.25, 0.3) is 10.8 Å². The maximum Gasteiger partial charge on any atom is 0.414 e. The molecule has 3 aromatic carbocycles. The van der Waals surface area contributed by atoms with E-state index in [4.69, 9.17) is 46.2 Å². The molecule has 3 amide bonds. The maximum atomic E-state index is 16.1. The van der Waals surface area contributed by atoms with E-state index in [1.165, 1.54) is 33.3 Å². The summed E-state index contributed by atoms with van der Waals surface area (Å²) >= 11 is 0. The first-order valence-electron chi connectivity index (χ1n) is 26.8. The molecule has 0 aromatic heterocycles. The zero-order valence-corrected chi connectivity index (χ0v) is 52.0. The number of fused-ring (bicyclic) bond motifs is 1. The van der Waals surface area contributed by atoms with E-state index in [9.17, 15) is 28.1 Å². The summed E-state index contributed by atoms with van der Waals surface area (Å²) in [4.78, 5) is 75.7. The van der Waals surface area contributed by atoms with Crippen molar-refractivity contribution in [2.24, 2.45) is 0 Å². The molecule has 2 fully saturated rings. The van der Waals surface area contributed by atoms with Crippen molar-refractivity contribution in [2.45, 2.75) is 160 Å². The third kappa shape index (κ3) is 15.9. The molecule has 21 nitrogen and oxygen atoms in total. The second-order valence-electron chi connectivity index (χ2n) is 21.8. The Balaban J connectivity index is 1.84. The van der Waals surface area contributed by atoms with Gasteiger partial charge in [0.05, 0.1) is 75.8 Å². The third-order valence-electron chi connectivity index (χ3n) is 15.3. The van der Waals surface area contributed by atoms with Gasteiger partial charge in [0, 0.05) is 6.92 Å². The fourth-order valence-corrected chi connectivity index (χ4v) is 13.6. The summed E-state index contributed by atoms with van der Waals surface area (Å²) in [5, 5.41) is 17.3. The highest BCUT2D eigenvalue weighted by atomic mass is 32.2. The zero-order valence-electron chi connectivity index (χ0n) is 49.2. The summed E-state index contributed by atoms with van der Waals surface area (Å²) in [6.07, 6.45) is -6.05. The molecule has 0 saturated carbocycles. The SMILES string of the molecule is C=CCOC(=O)N1/C(=C(/NC(=O)[C@@](C)(OC(=O)c2cc(OC)cc3c(C)cccc23)[C@@H]2CO2)C(=O)N[C@H](C(C#N)O[Si](C)(C)C(C)(C)C)[C@@H](C)OCc2ccc(OC)cc2)[C@@H](OC(C)=O)[C@H](O[Si](CC)(CC)CC)[C@@H]1COS(C)(=O)=O. The summed E-state index contributed by atoms with van der Waals surface area (Å²) in [6, 6.07) is 16.4. The van der Waals surface area contributed by atoms with E-state index in [0.29, 0.717) is 46.0 Å². The quantitative estimate of drug-likeness (QED) is 0.0139. The maximum absolute atomic E-state index is 16.1. The van der Waals surface area contributed by atoms with Crippen LogP contribution < -0.4 is 20.1 Å². The fourth-order valence-electron chi connectivity index (χ4n) is 9.14. The number of carbonyl (C=O) groups is 5. The standard InChI is InChI=1S/C57H80N4O17SSi2/c1-17-28-71-55(66)61-44(33-74-79(14,67)68)50(78-81(18-2,19-3)20-4)51(75-37(7)62)49(61)48(60-54(65)57(11,46-34-73-46)76-53(64)43-30-40(70-13)29-42-35(5)22-21-23-41(42)43)52(63)59-47(45(31-58)77-80(15,16)56(8,9)10)36(6)72-32-38-24-26-39(69-12)27-25-38/h17,21-27,29-30,36,44-47,50-51H,1,18-20,28,32-34H2,2-16H3,(H,59,63)(H,60,65)/b49-48+/t36-,44+,45?,46+,47+,50-,51-,57+/m1/s1. The Labute approximate surface area is 478 Å². The number of benzene rings is 3. The van der Waals surface area contributed by atoms with Crippen LogP contribution in [-0.4, -0.2) is 148 Å². The van der Waals surface area contributed by atoms with Gasteiger partial charge in [0.25, 0.3) is 21.9 Å². The molecule has 2 N–H and O–H groups in total. The summed E-state index contributed by atoms with van der Waals surface area (Å²) in [6.45, 7) is 23.7. The van der Waals surface area contributed by atoms with E-state index < -0.39 is 134 Å². The molecule has 0 aliphatic carbocycles.